The molecule has 2 saturated carbocycles. The Bertz CT molecular complexity index is 532. The highest BCUT2D eigenvalue weighted by molar-refractivity contribution is 5.96. The van der Waals surface area contributed by atoms with Crippen LogP contribution in [0.25, 0.3) is 0 Å². The number of benzene rings is 1. The average molecular weight is 270 g/mol. The van der Waals surface area contributed by atoms with Gasteiger partial charge in [-0.1, -0.05) is 18.2 Å². The van der Waals surface area contributed by atoms with Gasteiger partial charge in [-0.3, -0.25) is 4.79 Å². The van der Waals surface area contributed by atoms with Gasteiger partial charge in [-0.05, 0) is 55.6 Å². The zero-order valence-electron chi connectivity index (χ0n) is 11.8. The molecule has 1 aromatic carbocycles. The molecule has 1 amide bonds. The number of amides is 1. The smallest absolute Gasteiger partial charge is 0.230 e. The first-order chi connectivity index (χ1) is 9.74. The maximum atomic E-state index is 12.9. The van der Waals surface area contributed by atoms with Gasteiger partial charge in [0.1, 0.15) is 0 Å². The van der Waals surface area contributed by atoms with Gasteiger partial charge >= 0.3 is 0 Å². The molecule has 1 aliphatic heterocycles. The molecule has 3 nitrogen and oxygen atoms in total. The van der Waals surface area contributed by atoms with Crippen molar-refractivity contribution in [3.63, 3.8) is 0 Å². The zero-order valence-corrected chi connectivity index (χ0v) is 11.8. The first-order valence-corrected chi connectivity index (χ1v) is 7.90. The normalized spacial score (nSPS) is 35.1. The Kier molecular flexibility index (Phi) is 2.84. The number of anilines is 1. The molecule has 3 atom stereocenters. The predicted molar refractivity (Wildman–Crippen MR) is 79.3 cm³/mol. The molecule has 0 aromatic heterocycles. The number of para-hydroxylation sites is 1. The number of carbonyl (C=O) groups excluding carboxylic acids is 1. The summed E-state index contributed by atoms with van der Waals surface area (Å²) in [6.07, 6.45) is 5.57. The lowest BCUT2D eigenvalue weighted by Crippen LogP contribution is -2.36. The van der Waals surface area contributed by atoms with Crippen molar-refractivity contribution in [2.45, 2.75) is 38.1 Å². The fourth-order valence-corrected chi connectivity index (χ4v) is 4.16. The lowest BCUT2D eigenvalue weighted by atomic mass is 10.00. The minimum absolute atomic E-state index is 0.0704. The summed E-state index contributed by atoms with van der Waals surface area (Å²) in [5.41, 5.74) is 8.45. The van der Waals surface area contributed by atoms with E-state index in [-0.39, 0.29) is 12.0 Å². The third-order valence-electron chi connectivity index (χ3n) is 5.38. The highest BCUT2D eigenvalue weighted by Gasteiger charge is 2.49. The third kappa shape index (κ3) is 1.96. The first-order valence-electron chi connectivity index (χ1n) is 7.90. The lowest BCUT2D eigenvalue weighted by molar-refractivity contribution is -0.122. The van der Waals surface area contributed by atoms with Crippen LogP contribution >= 0.6 is 0 Å². The number of rotatable bonds is 1. The zero-order chi connectivity index (χ0) is 13.7. The fraction of sp³-hybridized carbons (Fsp3) is 0.588. The molecular formula is C17H22N2O. The van der Waals surface area contributed by atoms with Gasteiger partial charge < -0.3 is 10.6 Å². The van der Waals surface area contributed by atoms with Crippen molar-refractivity contribution in [3.05, 3.63) is 29.8 Å². The molecule has 20 heavy (non-hydrogen) atoms. The van der Waals surface area contributed by atoms with Crippen LogP contribution in [0.2, 0.25) is 0 Å². The topological polar surface area (TPSA) is 46.3 Å². The van der Waals surface area contributed by atoms with Crippen molar-refractivity contribution >= 4 is 11.6 Å². The summed E-state index contributed by atoms with van der Waals surface area (Å²) >= 11 is 0. The molecule has 3 unspecified atom stereocenters. The SMILES string of the molecule is NC1CCCN(C(=O)C2CC3CC3C2)c2ccccc21. The fourth-order valence-electron chi connectivity index (χ4n) is 4.16. The summed E-state index contributed by atoms with van der Waals surface area (Å²) < 4.78 is 0. The molecule has 2 N–H and O–H groups in total. The Morgan fingerprint density at radius 3 is 2.70 bits per heavy atom. The second kappa shape index (κ2) is 4.59. The lowest BCUT2D eigenvalue weighted by Gasteiger charge is -2.26. The van der Waals surface area contributed by atoms with Crippen LogP contribution in [-0.2, 0) is 4.79 Å². The van der Waals surface area contributed by atoms with Gasteiger partial charge in [0.15, 0.2) is 0 Å². The van der Waals surface area contributed by atoms with E-state index in [9.17, 15) is 4.79 Å². The van der Waals surface area contributed by atoms with E-state index < -0.39 is 0 Å². The largest absolute Gasteiger partial charge is 0.324 e. The summed E-state index contributed by atoms with van der Waals surface area (Å²) in [6.45, 7) is 0.829. The monoisotopic (exact) mass is 270 g/mol. The maximum absolute atomic E-state index is 12.9. The van der Waals surface area contributed by atoms with Crippen molar-refractivity contribution < 1.29 is 4.79 Å². The van der Waals surface area contributed by atoms with Crippen LogP contribution in [-0.4, -0.2) is 12.5 Å². The molecule has 2 aliphatic carbocycles. The minimum atomic E-state index is 0.0704. The summed E-state index contributed by atoms with van der Waals surface area (Å²) in [5, 5.41) is 0. The van der Waals surface area contributed by atoms with Gasteiger partial charge in [0.25, 0.3) is 0 Å². The van der Waals surface area contributed by atoms with Crippen molar-refractivity contribution in [1.29, 1.82) is 0 Å². The predicted octanol–water partition coefficient (Wildman–Crippen LogP) is 2.86. The van der Waals surface area contributed by atoms with Crippen LogP contribution in [0.5, 0.6) is 0 Å². The number of fused-ring (bicyclic) bond motifs is 2. The van der Waals surface area contributed by atoms with Crippen molar-refractivity contribution in [1.82, 2.24) is 0 Å². The maximum Gasteiger partial charge on any atom is 0.230 e. The summed E-state index contributed by atoms with van der Waals surface area (Å²) in [6, 6.07) is 8.26. The van der Waals surface area contributed by atoms with E-state index in [4.69, 9.17) is 5.73 Å². The van der Waals surface area contributed by atoms with Crippen LogP contribution in [0, 0.1) is 17.8 Å². The average Bonchev–Trinajstić information content (AvgIpc) is 3.13. The Morgan fingerprint density at radius 2 is 1.90 bits per heavy atom. The number of nitrogens with zero attached hydrogens (tertiary/aromatic N) is 1. The summed E-state index contributed by atoms with van der Waals surface area (Å²) in [7, 11) is 0. The molecule has 2 fully saturated rings. The molecule has 0 radical (unpaired) electrons. The minimum Gasteiger partial charge on any atom is -0.324 e. The van der Waals surface area contributed by atoms with Crippen molar-refractivity contribution in [2.75, 3.05) is 11.4 Å². The van der Waals surface area contributed by atoms with Gasteiger partial charge in [-0.2, -0.15) is 0 Å². The Hall–Kier alpha value is -1.35. The third-order valence-corrected chi connectivity index (χ3v) is 5.38. The number of hydrogen-bond donors (Lipinski definition) is 1. The molecular weight excluding hydrogens is 248 g/mol. The molecule has 3 aliphatic rings. The quantitative estimate of drug-likeness (QED) is 0.853. The number of nitrogens with two attached hydrogens (primary N) is 1. The second-order valence-corrected chi connectivity index (χ2v) is 6.72. The van der Waals surface area contributed by atoms with Gasteiger partial charge in [-0.15, -0.1) is 0 Å². The molecule has 1 heterocycles. The molecule has 3 heteroatoms. The van der Waals surface area contributed by atoms with E-state index in [1.807, 2.05) is 17.0 Å². The Morgan fingerprint density at radius 1 is 1.15 bits per heavy atom. The van der Waals surface area contributed by atoms with E-state index in [0.29, 0.717) is 5.91 Å². The van der Waals surface area contributed by atoms with E-state index in [2.05, 4.69) is 12.1 Å². The van der Waals surface area contributed by atoms with Gasteiger partial charge in [-0.25, -0.2) is 0 Å². The van der Waals surface area contributed by atoms with Crippen LogP contribution in [0.4, 0.5) is 5.69 Å². The molecule has 106 valence electrons. The highest BCUT2D eigenvalue weighted by atomic mass is 16.2. The Balaban J connectivity index is 1.63. The number of hydrogen-bond acceptors (Lipinski definition) is 2. The van der Waals surface area contributed by atoms with Gasteiger partial charge in [0, 0.05) is 24.2 Å². The second-order valence-electron chi connectivity index (χ2n) is 6.72. The van der Waals surface area contributed by atoms with Gasteiger partial charge in [0.2, 0.25) is 5.91 Å². The van der Waals surface area contributed by atoms with Crippen molar-refractivity contribution in [3.8, 4) is 0 Å². The first kappa shape index (κ1) is 12.4. The highest BCUT2D eigenvalue weighted by Crippen LogP contribution is 2.55. The van der Waals surface area contributed by atoms with Gasteiger partial charge in [0.05, 0.1) is 0 Å². The molecule has 0 bridgehead atoms. The van der Waals surface area contributed by atoms with Crippen molar-refractivity contribution in [2.24, 2.45) is 23.5 Å². The molecule has 0 spiro atoms. The van der Waals surface area contributed by atoms with Crippen LogP contribution in [0.15, 0.2) is 24.3 Å². The van der Waals surface area contributed by atoms with Crippen LogP contribution in [0.1, 0.15) is 43.7 Å². The number of carbonyl (C=O) groups is 1. The van der Waals surface area contributed by atoms with E-state index in [1.54, 1.807) is 0 Å². The van der Waals surface area contributed by atoms with E-state index >= 15 is 0 Å². The van der Waals surface area contributed by atoms with E-state index in [0.717, 1.165) is 55.3 Å². The van der Waals surface area contributed by atoms with Crippen LogP contribution < -0.4 is 10.6 Å². The Labute approximate surface area is 120 Å². The summed E-state index contributed by atoms with van der Waals surface area (Å²) in [4.78, 5) is 14.9. The molecule has 0 saturated heterocycles. The molecule has 1 aromatic rings. The van der Waals surface area contributed by atoms with Crippen LogP contribution in [0.3, 0.4) is 0 Å². The summed E-state index contributed by atoms with van der Waals surface area (Å²) in [5.74, 6) is 2.32. The van der Waals surface area contributed by atoms with E-state index in [1.165, 1.54) is 6.42 Å². The molecule has 4 rings (SSSR count). The standard InChI is InChI=1S/C17H22N2O/c18-15-5-3-7-19(16-6-2-1-4-14(15)16)17(20)13-9-11-8-12(11)10-13/h1-2,4,6,11-13,15H,3,5,7-10,18H2.